The molecule has 1 amide bonds. The zero-order chi connectivity index (χ0) is 17.0. The Morgan fingerprint density at radius 3 is 2.46 bits per heavy atom. The summed E-state index contributed by atoms with van der Waals surface area (Å²) < 4.78 is 0. The summed E-state index contributed by atoms with van der Waals surface area (Å²) in [7, 11) is 0. The van der Waals surface area contributed by atoms with E-state index in [1.165, 1.54) is 36.9 Å². The number of piperidine rings is 1. The number of carbonyl (C=O) groups is 1. The van der Waals surface area contributed by atoms with Crippen molar-refractivity contribution < 1.29 is 4.79 Å². The third kappa shape index (κ3) is 5.59. The second-order valence-corrected chi connectivity index (χ2v) is 7.63. The molecule has 1 atom stereocenters. The van der Waals surface area contributed by atoms with Crippen LogP contribution in [0.25, 0.3) is 0 Å². The van der Waals surface area contributed by atoms with E-state index in [0.717, 1.165) is 32.2 Å². The molecule has 1 saturated heterocycles. The van der Waals surface area contributed by atoms with Gasteiger partial charge in [0.2, 0.25) is 5.91 Å². The summed E-state index contributed by atoms with van der Waals surface area (Å²) in [5, 5.41) is 3.09. The summed E-state index contributed by atoms with van der Waals surface area (Å²) in [5.74, 6) is 0.0149. The Balaban J connectivity index is 0.00000169. The van der Waals surface area contributed by atoms with Gasteiger partial charge in [0, 0.05) is 19.1 Å². The molecule has 0 spiro atoms. The molecule has 26 heavy (non-hydrogen) atoms. The highest BCUT2D eigenvalue weighted by Gasteiger charge is 2.36. The lowest BCUT2D eigenvalue weighted by molar-refractivity contribution is -0.126. The largest absolute Gasteiger partial charge is 0.350 e. The van der Waals surface area contributed by atoms with Gasteiger partial charge in [-0.15, -0.1) is 24.8 Å². The van der Waals surface area contributed by atoms with E-state index in [4.69, 9.17) is 5.73 Å². The molecule has 0 bridgehead atoms. The van der Waals surface area contributed by atoms with Crippen LogP contribution in [0.4, 0.5) is 0 Å². The van der Waals surface area contributed by atoms with E-state index in [-0.39, 0.29) is 30.7 Å². The van der Waals surface area contributed by atoms with Crippen LogP contribution in [-0.4, -0.2) is 28.9 Å². The average Bonchev–Trinajstić information content (AvgIpc) is 3.04. The molecule has 2 aliphatic rings. The maximum atomic E-state index is 12.4. The van der Waals surface area contributed by atoms with Gasteiger partial charge in [0.05, 0.1) is 5.54 Å². The van der Waals surface area contributed by atoms with E-state index >= 15 is 0 Å². The van der Waals surface area contributed by atoms with Gasteiger partial charge < -0.3 is 11.1 Å². The number of amides is 1. The predicted molar refractivity (Wildman–Crippen MR) is 112 cm³/mol. The standard InChI is InChI=1S/C20H31N3O.2ClH/c1-16-8-4-7-13-23(16)15-18-10-3-2-9-17(18)14-22-19(24)20(21)11-5-6-12-20;;/h2-3,9-10,16H,4-8,11-15,21H2,1H3,(H,22,24);2*1H. The Hall–Kier alpha value is -0.810. The molecule has 1 aromatic carbocycles. The first-order valence-electron chi connectivity index (χ1n) is 9.46. The quantitative estimate of drug-likeness (QED) is 0.788. The van der Waals surface area contributed by atoms with E-state index in [1.54, 1.807) is 0 Å². The first-order chi connectivity index (χ1) is 11.6. The first kappa shape index (κ1) is 23.2. The SMILES string of the molecule is CC1CCCCN1Cc1ccccc1CNC(=O)C1(N)CCCC1.Cl.Cl. The molecule has 0 radical (unpaired) electrons. The van der Waals surface area contributed by atoms with Gasteiger partial charge in [-0.3, -0.25) is 9.69 Å². The third-order valence-corrected chi connectivity index (χ3v) is 5.82. The molecule has 1 aliphatic carbocycles. The molecule has 3 rings (SSSR count). The van der Waals surface area contributed by atoms with Gasteiger partial charge in [0.1, 0.15) is 0 Å². The Kier molecular flexibility index (Phi) is 9.39. The number of benzene rings is 1. The summed E-state index contributed by atoms with van der Waals surface area (Å²) in [4.78, 5) is 15.0. The van der Waals surface area contributed by atoms with Crippen LogP contribution >= 0.6 is 24.8 Å². The van der Waals surface area contributed by atoms with Crippen molar-refractivity contribution >= 4 is 30.7 Å². The Bertz CT molecular complexity index is 576. The van der Waals surface area contributed by atoms with Gasteiger partial charge in [-0.25, -0.2) is 0 Å². The summed E-state index contributed by atoms with van der Waals surface area (Å²) in [6, 6.07) is 9.11. The highest BCUT2D eigenvalue weighted by molar-refractivity contribution is 5.86. The van der Waals surface area contributed by atoms with Crippen molar-refractivity contribution in [2.24, 2.45) is 5.73 Å². The molecule has 4 nitrogen and oxygen atoms in total. The van der Waals surface area contributed by atoms with Crippen LogP contribution in [-0.2, 0) is 17.9 Å². The average molecular weight is 402 g/mol. The number of halogens is 2. The maximum Gasteiger partial charge on any atom is 0.240 e. The molecular formula is C20H33Cl2N3O. The molecule has 1 saturated carbocycles. The van der Waals surface area contributed by atoms with E-state index in [9.17, 15) is 4.79 Å². The molecule has 3 N–H and O–H groups in total. The third-order valence-electron chi connectivity index (χ3n) is 5.82. The van der Waals surface area contributed by atoms with Crippen molar-refractivity contribution in [3.8, 4) is 0 Å². The van der Waals surface area contributed by atoms with Crippen molar-refractivity contribution in [1.29, 1.82) is 0 Å². The monoisotopic (exact) mass is 401 g/mol. The molecule has 0 aromatic heterocycles. The zero-order valence-corrected chi connectivity index (χ0v) is 17.3. The molecule has 1 heterocycles. The fourth-order valence-electron chi connectivity index (χ4n) is 4.08. The normalized spacial score (nSPS) is 22.2. The number of nitrogens with two attached hydrogens (primary N) is 1. The van der Waals surface area contributed by atoms with Gasteiger partial charge >= 0.3 is 0 Å². The van der Waals surface area contributed by atoms with Crippen molar-refractivity contribution in [2.45, 2.75) is 76.5 Å². The van der Waals surface area contributed by atoms with Crippen LogP contribution in [0, 0.1) is 0 Å². The van der Waals surface area contributed by atoms with Crippen molar-refractivity contribution in [1.82, 2.24) is 10.2 Å². The lowest BCUT2D eigenvalue weighted by Crippen LogP contribution is -2.51. The van der Waals surface area contributed by atoms with Gasteiger partial charge in [-0.2, -0.15) is 0 Å². The topological polar surface area (TPSA) is 58.4 Å². The number of hydrogen-bond donors (Lipinski definition) is 2. The second kappa shape index (κ2) is 10.5. The Labute approximate surface area is 170 Å². The smallest absolute Gasteiger partial charge is 0.240 e. The summed E-state index contributed by atoms with van der Waals surface area (Å²) in [6.07, 6.45) is 7.67. The molecule has 6 heteroatoms. The zero-order valence-electron chi connectivity index (χ0n) is 15.7. The fourth-order valence-corrected chi connectivity index (χ4v) is 4.08. The van der Waals surface area contributed by atoms with E-state index in [2.05, 4.69) is 41.4 Å². The number of carbonyl (C=O) groups excluding carboxylic acids is 1. The number of nitrogens with one attached hydrogen (secondary N) is 1. The molecular weight excluding hydrogens is 369 g/mol. The van der Waals surface area contributed by atoms with E-state index < -0.39 is 5.54 Å². The highest BCUT2D eigenvalue weighted by atomic mass is 35.5. The lowest BCUT2D eigenvalue weighted by atomic mass is 9.97. The Morgan fingerprint density at radius 2 is 1.81 bits per heavy atom. The molecule has 148 valence electrons. The van der Waals surface area contributed by atoms with Crippen molar-refractivity contribution in [3.63, 3.8) is 0 Å². The number of rotatable bonds is 5. The molecule has 1 aliphatic heterocycles. The summed E-state index contributed by atoms with van der Waals surface area (Å²) in [6.45, 7) is 5.05. The van der Waals surface area contributed by atoms with Crippen LogP contribution in [0.1, 0.15) is 63.0 Å². The Morgan fingerprint density at radius 1 is 1.15 bits per heavy atom. The minimum Gasteiger partial charge on any atom is -0.350 e. The molecule has 2 fully saturated rings. The fraction of sp³-hybridized carbons (Fsp3) is 0.650. The lowest BCUT2D eigenvalue weighted by Gasteiger charge is -2.34. The highest BCUT2D eigenvalue weighted by Crippen LogP contribution is 2.27. The van der Waals surface area contributed by atoms with Gasteiger partial charge in [-0.1, -0.05) is 43.5 Å². The minimum absolute atomic E-state index is 0. The van der Waals surface area contributed by atoms with E-state index in [0.29, 0.717) is 12.6 Å². The predicted octanol–water partition coefficient (Wildman–Crippen LogP) is 3.79. The molecule has 1 aromatic rings. The van der Waals surface area contributed by atoms with Crippen LogP contribution in [0.2, 0.25) is 0 Å². The number of likely N-dealkylation sites (tertiary alicyclic amines) is 1. The second-order valence-electron chi connectivity index (χ2n) is 7.63. The van der Waals surface area contributed by atoms with Gasteiger partial charge in [0.15, 0.2) is 0 Å². The van der Waals surface area contributed by atoms with Crippen LogP contribution < -0.4 is 11.1 Å². The summed E-state index contributed by atoms with van der Waals surface area (Å²) >= 11 is 0. The maximum absolute atomic E-state index is 12.4. The van der Waals surface area contributed by atoms with E-state index in [1.807, 2.05) is 0 Å². The van der Waals surface area contributed by atoms with Crippen LogP contribution in [0.5, 0.6) is 0 Å². The van der Waals surface area contributed by atoms with Crippen LogP contribution in [0.15, 0.2) is 24.3 Å². The number of hydrogen-bond acceptors (Lipinski definition) is 3. The number of nitrogens with zero attached hydrogens (tertiary/aromatic N) is 1. The first-order valence-corrected chi connectivity index (χ1v) is 9.46. The van der Waals surface area contributed by atoms with Gasteiger partial charge in [-0.05, 0) is 50.3 Å². The molecule has 1 unspecified atom stereocenters. The summed E-state index contributed by atoms with van der Waals surface area (Å²) in [5.41, 5.74) is 8.15. The minimum atomic E-state index is -0.643. The van der Waals surface area contributed by atoms with Crippen LogP contribution in [0.3, 0.4) is 0 Å². The van der Waals surface area contributed by atoms with Gasteiger partial charge in [0.25, 0.3) is 0 Å². The van der Waals surface area contributed by atoms with Crippen molar-refractivity contribution in [3.05, 3.63) is 35.4 Å². The van der Waals surface area contributed by atoms with Crippen molar-refractivity contribution in [2.75, 3.05) is 6.54 Å².